The van der Waals surface area contributed by atoms with E-state index in [1.54, 1.807) is 36.4 Å². The summed E-state index contributed by atoms with van der Waals surface area (Å²) in [5.41, 5.74) is 7.54. The summed E-state index contributed by atoms with van der Waals surface area (Å²) in [5.74, 6) is 0.953. The summed E-state index contributed by atoms with van der Waals surface area (Å²) in [6.45, 7) is 4.78. The number of ether oxygens (including phenoxy) is 1. The largest absolute Gasteiger partial charge is 0.493 e. The summed E-state index contributed by atoms with van der Waals surface area (Å²) >= 11 is 0. The van der Waals surface area contributed by atoms with Gasteiger partial charge in [0.2, 0.25) is 0 Å². The lowest BCUT2D eigenvalue weighted by atomic mass is 10.2. The van der Waals surface area contributed by atoms with Crippen LogP contribution in [0.15, 0.2) is 48.5 Å². The Balaban J connectivity index is 2.07. The standard InChI is InChI=1S/C17H20N2O2/c1-12(2)11-21-16-8-3-5-13(9-16)17(20)19-15-7-4-6-14(18)10-15/h3-10,12H,11,18H2,1-2H3,(H,19,20). The first kappa shape index (κ1) is 14.9. The average molecular weight is 284 g/mol. The fourth-order valence-corrected chi connectivity index (χ4v) is 1.81. The fourth-order valence-electron chi connectivity index (χ4n) is 1.81. The van der Waals surface area contributed by atoms with E-state index in [-0.39, 0.29) is 5.91 Å². The van der Waals surface area contributed by atoms with E-state index in [0.717, 1.165) is 0 Å². The van der Waals surface area contributed by atoms with Crippen molar-refractivity contribution in [2.24, 2.45) is 5.92 Å². The van der Waals surface area contributed by atoms with Crippen LogP contribution in [0.3, 0.4) is 0 Å². The third kappa shape index (κ3) is 4.53. The Bertz CT molecular complexity index is 624. The minimum atomic E-state index is -0.185. The van der Waals surface area contributed by atoms with Crippen molar-refractivity contribution < 1.29 is 9.53 Å². The Morgan fingerprint density at radius 1 is 1.19 bits per heavy atom. The number of nitrogen functional groups attached to an aromatic ring is 1. The van der Waals surface area contributed by atoms with Gasteiger partial charge >= 0.3 is 0 Å². The molecule has 2 rings (SSSR count). The monoisotopic (exact) mass is 284 g/mol. The molecule has 0 aliphatic carbocycles. The molecular weight excluding hydrogens is 264 g/mol. The average Bonchev–Trinajstić information content (AvgIpc) is 2.45. The molecule has 4 heteroatoms. The predicted octanol–water partition coefficient (Wildman–Crippen LogP) is 3.56. The first-order valence-electron chi connectivity index (χ1n) is 6.94. The van der Waals surface area contributed by atoms with Crippen molar-refractivity contribution in [1.29, 1.82) is 0 Å². The van der Waals surface area contributed by atoms with Crippen LogP contribution in [0.25, 0.3) is 0 Å². The van der Waals surface area contributed by atoms with E-state index >= 15 is 0 Å². The molecule has 4 nitrogen and oxygen atoms in total. The van der Waals surface area contributed by atoms with Crippen LogP contribution in [0.1, 0.15) is 24.2 Å². The summed E-state index contributed by atoms with van der Waals surface area (Å²) in [6.07, 6.45) is 0. The van der Waals surface area contributed by atoms with Gasteiger partial charge in [0.05, 0.1) is 6.61 Å². The number of rotatable bonds is 5. The van der Waals surface area contributed by atoms with Gasteiger partial charge in [-0.15, -0.1) is 0 Å². The zero-order valence-electron chi connectivity index (χ0n) is 12.3. The molecule has 3 N–H and O–H groups in total. The van der Waals surface area contributed by atoms with E-state index < -0.39 is 0 Å². The van der Waals surface area contributed by atoms with Crippen molar-refractivity contribution in [3.05, 3.63) is 54.1 Å². The maximum absolute atomic E-state index is 12.2. The Morgan fingerprint density at radius 2 is 1.95 bits per heavy atom. The van der Waals surface area contributed by atoms with Gasteiger partial charge in [0.15, 0.2) is 0 Å². The minimum Gasteiger partial charge on any atom is -0.493 e. The normalized spacial score (nSPS) is 10.4. The lowest BCUT2D eigenvalue weighted by Gasteiger charge is -2.10. The summed E-state index contributed by atoms with van der Waals surface area (Å²) in [4.78, 5) is 12.2. The molecule has 0 fully saturated rings. The Morgan fingerprint density at radius 3 is 2.67 bits per heavy atom. The zero-order valence-corrected chi connectivity index (χ0v) is 12.3. The van der Waals surface area contributed by atoms with Gasteiger partial charge in [0.25, 0.3) is 5.91 Å². The van der Waals surface area contributed by atoms with Crippen molar-refractivity contribution in [1.82, 2.24) is 0 Å². The highest BCUT2D eigenvalue weighted by molar-refractivity contribution is 6.04. The van der Waals surface area contributed by atoms with Crippen LogP contribution in [-0.2, 0) is 0 Å². The summed E-state index contributed by atoms with van der Waals surface area (Å²) in [7, 11) is 0. The van der Waals surface area contributed by atoms with Crippen LogP contribution < -0.4 is 15.8 Å². The maximum Gasteiger partial charge on any atom is 0.255 e. The molecule has 0 radical (unpaired) electrons. The molecule has 0 aromatic heterocycles. The molecule has 2 aromatic carbocycles. The number of hydrogen-bond donors (Lipinski definition) is 2. The SMILES string of the molecule is CC(C)COc1cccc(C(=O)Nc2cccc(N)c2)c1. The maximum atomic E-state index is 12.2. The van der Waals surface area contributed by atoms with E-state index in [0.29, 0.717) is 35.2 Å². The van der Waals surface area contributed by atoms with Gasteiger partial charge in [-0.05, 0) is 42.3 Å². The molecule has 1 amide bonds. The minimum absolute atomic E-state index is 0.185. The number of amides is 1. The molecule has 0 saturated heterocycles. The first-order chi connectivity index (χ1) is 10.0. The smallest absolute Gasteiger partial charge is 0.255 e. The van der Waals surface area contributed by atoms with Crippen LogP contribution >= 0.6 is 0 Å². The van der Waals surface area contributed by atoms with Crippen molar-refractivity contribution in [2.75, 3.05) is 17.7 Å². The van der Waals surface area contributed by atoms with Crippen LogP contribution in [0.2, 0.25) is 0 Å². The van der Waals surface area contributed by atoms with Gasteiger partial charge in [-0.25, -0.2) is 0 Å². The Labute approximate surface area is 124 Å². The number of anilines is 2. The molecule has 0 unspecified atom stereocenters. The van der Waals surface area contributed by atoms with Gasteiger partial charge in [-0.1, -0.05) is 26.0 Å². The van der Waals surface area contributed by atoms with E-state index in [1.165, 1.54) is 0 Å². The third-order valence-corrected chi connectivity index (χ3v) is 2.82. The van der Waals surface area contributed by atoms with Crippen molar-refractivity contribution in [3.63, 3.8) is 0 Å². The molecule has 0 atom stereocenters. The molecule has 0 aliphatic heterocycles. The van der Waals surface area contributed by atoms with Gasteiger partial charge in [-0.2, -0.15) is 0 Å². The number of benzene rings is 2. The van der Waals surface area contributed by atoms with Crippen molar-refractivity contribution in [3.8, 4) is 5.75 Å². The van der Waals surface area contributed by atoms with Crippen molar-refractivity contribution >= 4 is 17.3 Å². The quantitative estimate of drug-likeness (QED) is 0.825. The van der Waals surface area contributed by atoms with E-state index in [4.69, 9.17) is 10.5 Å². The molecule has 0 saturated carbocycles. The summed E-state index contributed by atoms with van der Waals surface area (Å²) < 4.78 is 5.63. The lowest BCUT2D eigenvalue weighted by Crippen LogP contribution is -2.12. The van der Waals surface area contributed by atoms with Gasteiger partial charge < -0.3 is 15.8 Å². The zero-order chi connectivity index (χ0) is 15.2. The molecular formula is C17H20N2O2. The number of carbonyl (C=O) groups is 1. The predicted molar refractivity (Wildman–Crippen MR) is 85.6 cm³/mol. The Hall–Kier alpha value is -2.49. The highest BCUT2D eigenvalue weighted by Crippen LogP contribution is 2.17. The van der Waals surface area contributed by atoms with Crippen LogP contribution in [0.4, 0.5) is 11.4 Å². The van der Waals surface area contributed by atoms with E-state index in [2.05, 4.69) is 19.2 Å². The van der Waals surface area contributed by atoms with Crippen molar-refractivity contribution in [2.45, 2.75) is 13.8 Å². The molecule has 0 spiro atoms. The molecule has 110 valence electrons. The molecule has 0 bridgehead atoms. The number of nitrogens with two attached hydrogens (primary N) is 1. The lowest BCUT2D eigenvalue weighted by molar-refractivity contribution is 0.102. The number of carbonyl (C=O) groups excluding carboxylic acids is 1. The summed E-state index contributed by atoms with van der Waals surface area (Å²) in [5, 5.41) is 2.82. The van der Waals surface area contributed by atoms with Gasteiger partial charge in [0, 0.05) is 16.9 Å². The molecule has 2 aromatic rings. The highest BCUT2D eigenvalue weighted by atomic mass is 16.5. The first-order valence-corrected chi connectivity index (χ1v) is 6.94. The second kappa shape index (κ2) is 6.79. The number of nitrogens with one attached hydrogen (secondary N) is 1. The fraction of sp³-hybridized carbons (Fsp3) is 0.235. The molecule has 21 heavy (non-hydrogen) atoms. The molecule has 0 heterocycles. The van der Waals surface area contributed by atoms with E-state index in [9.17, 15) is 4.79 Å². The number of hydrogen-bond acceptors (Lipinski definition) is 3. The van der Waals surface area contributed by atoms with Crippen LogP contribution in [0, 0.1) is 5.92 Å². The summed E-state index contributed by atoms with van der Waals surface area (Å²) in [6, 6.07) is 14.2. The highest BCUT2D eigenvalue weighted by Gasteiger charge is 2.08. The second-order valence-corrected chi connectivity index (χ2v) is 5.31. The van der Waals surface area contributed by atoms with Gasteiger partial charge in [-0.3, -0.25) is 4.79 Å². The third-order valence-electron chi connectivity index (χ3n) is 2.82. The second-order valence-electron chi connectivity index (χ2n) is 5.31. The van der Waals surface area contributed by atoms with Gasteiger partial charge in [0.1, 0.15) is 5.75 Å². The van der Waals surface area contributed by atoms with Crippen LogP contribution in [-0.4, -0.2) is 12.5 Å². The molecule has 0 aliphatic rings. The van der Waals surface area contributed by atoms with E-state index in [1.807, 2.05) is 12.1 Å². The topological polar surface area (TPSA) is 64.3 Å². The van der Waals surface area contributed by atoms with Crippen LogP contribution in [0.5, 0.6) is 5.75 Å². The Kier molecular flexibility index (Phi) is 4.82.